The molecule has 3 nitrogen and oxygen atoms in total. The van der Waals surface area contributed by atoms with E-state index >= 15 is 0 Å². The Kier molecular flexibility index (Phi) is 5.40. The van der Waals surface area contributed by atoms with E-state index in [-0.39, 0.29) is 0 Å². The number of imidazole rings is 1. The molecule has 0 amide bonds. The Morgan fingerprint density at radius 3 is 2.21 bits per heavy atom. The van der Waals surface area contributed by atoms with Crippen LogP contribution in [0.25, 0.3) is 5.65 Å². The zero-order chi connectivity index (χ0) is 14.6. The molecule has 0 saturated heterocycles. The fraction of sp³-hybridized carbons (Fsp3) is 0.562. The van der Waals surface area contributed by atoms with Crippen LogP contribution in [0.2, 0.25) is 0 Å². The van der Waals surface area contributed by atoms with Crippen molar-refractivity contribution < 1.29 is 4.74 Å². The zero-order valence-corrected chi connectivity index (χ0v) is 13.2. The second-order valence-corrected chi connectivity index (χ2v) is 5.02. The van der Waals surface area contributed by atoms with Crippen molar-refractivity contribution in [2.24, 2.45) is 0 Å². The minimum Gasteiger partial charge on any atom is -0.496 e. The molecule has 0 aliphatic heterocycles. The van der Waals surface area contributed by atoms with Crippen LogP contribution in [0.3, 0.4) is 0 Å². The van der Waals surface area contributed by atoms with Gasteiger partial charge in [-0.05, 0) is 11.8 Å². The fourth-order valence-corrected chi connectivity index (χ4v) is 2.08. The first-order valence-corrected chi connectivity index (χ1v) is 7.09. The van der Waals surface area contributed by atoms with Gasteiger partial charge < -0.3 is 9.14 Å². The second-order valence-electron chi connectivity index (χ2n) is 5.02. The summed E-state index contributed by atoms with van der Waals surface area (Å²) in [7, 11) is 1.71. The first-order valence-electron chi connectivity index (χ1n) is 7.09. The number of ether oxygens (including phenoxy) is 1. The summed E-state index contributed by atoms with van der Waals surface area (Å²) < 4.78 is 7.60. The summed E-state index contributed by atoms with van der Waals surface area (Å²) in [6.07, 6.45) is 4.10. The molecular weight excluding hydrogens is 236 g/mol. The Bertz CT molecular complexity index is 527. The predicted octanol–water partition coefficient (Wildman–Crippen LogP) is 4.62. The highest BCUT2D eigenvalue weighted by Gasteiger charge is 2.13. The van der Waals surface area contributed by atoms with Crippen molar-refractivity contribution in [2.75, 3.05) is 7.11 Å². The van der Waals surface area contributed by atoms with Gasteiger partial charge in [0.25, 0.3) is 0 Å². The van der Waals surface area contributed by atoms with Crippen LogP contribution in [-0.4, -0.2) is 16.5 Å². The van der Waals surface area contributed by atoms with Gasteiger partial charge >= 0.3 is 0 Å². The van der Waals surface area contributed by atoms with Gasteiger partial charge in [0.2, 0.25) is 0 Å². The Morgan fingerprint density at radius 1 is 1.11 bits per heavy atom. The molecule has 0 atom stereocenters. The average Bonchev–Trinajstić information content (AvgIpc) is 2.82. The van der Waals surface area contributed by atoms with Crippen LogP contribution in [0.4, 0.5) is 0 Å². The first kappa shape index (κ1) is 15.5. The maximum Gasteiger partial charge on any atom is 0.140 e. The highest BCUT2D eigenvalue weighted by atomic mass is 16.5. The molecule has 0 aliphatic carbocycles. The van der Waals surface area contributed by atoms with Crippen molar-refractivity contribution in [3.8, 4) is 5.75 Å². The molecule has 2 heterocycles. The van der Waals surface area contributed by atoms with Crippen LogP contribution in [0, 0.1) is 0 Å². The maximum absolute atomic E-state index is 5.43. The lowest BCUT2D eigenvalue weighted by Gasteiger charge is -2.14. The van der Waals surface area contributed by atoms with E-state index in [0.717, 1.165) is 11.4 Å². The minimum atomic E-state index is 0.441. The van der Waals surface area contributed by atoms with Crippen LogP contribution in [0.1, 0.15) is 64.6 Å². The van der Waals surface area contributed by atoms with Gasteiger partial charge in [-0.3, -0.25) is 0 Å². The van der Waals surface area contributed by atoms with Crippen molar-refractivity contribution in [2.45, 2.75) is 53.4 Å². The standard InChI is InChI=1S/C14H20N2O.C2H6/c1-9(2)11-8-16-12(10(3)4)7-15-14(16)6-13(11)17-5;1-2/h6-10H,1-5H3;1-2H3. The molecule has 0 saturated carbocycles. The number of hydrogen-bond acceptors (Lipinski definition) is 2. The molecule has 0 aliphatic rings. The molecule has 2 aromatic heterocycles. The third-order valence-corrected chi connectivity index (χ3v) is 3.10. The Labute approximate surface area is 116 Å². The van der Waals surface area contributed by atoms with Gasteiger partial charge in [0.15, 0.2) is 0 Å². The van der Waals surface area contributed by atoms with Gasteiger partial charge in [-0.15, -0.1) is 0 Å². The number of methoxy groups -OCH3 is 1. The van der Waals surface area contributed by atoms with Gasteiger partial charge in [-0.25, -0.2) is 4.98 Å². The monoisotopic (exact) mass is 262 g/mol. The highest BCUT2D eigenvalue weighted by Crippen LogP contribution is 2.29. The predicted molar refractivity (Wildman–Crippen MR) is 81.3 cm³/mol. The molecule has 19 heavy (non-hydrogen) atoms. The van der Waals surface area contributed by atoms with Crippen LogP contribution in [0.15, 0.2) is 18.5 Å². The molecule has 0 N–H and O–H groups in total. The molecule has 2 rings (SSSR count). The smallest absolute Gasteiger partial charge is 0.140 e. The Morgan fingerprint density at radius 2 is 1.74 bits per heavy atom. The third kappa shape index (κ3) is 3.09. The number of nitrogens with zero attached hydrogens (tertiary/aromatic N) is 2. The Hall–Kier alpha value is -1.51. The third-order valence-electron chi connectivity index (χ3n) is 3.10. The lowest BCUT2D eigenvalue weighted by Crippen LogP contribution is -2.01. The first-order chi connectivity index (χ1) is 9.04. The summed E-state index contributed by atoms with van der Waals surface area (Å²) in [5.41, 5.74) is 3.42. The lowest BCUT2D eigenvalue weighted by atomic mass is 10.0. The number of aromatic nitrogens is 2. The van der Waals surface area contributed by atoms with E-state index in [1.807, 2.05) is 26.1 Å². The molecule has 2 aromatic rings. The summed E-state index contributed by atoms with van der Waals surface area (Å²) in [6.45, 7) is 12.7. The van der Waals surface area contributed by atoms with Gasteiger partial charge in [0.1, 0.15) is 11.4 Å². The highest BCUT2D eigenvalue weighted by molar-refractivity contribution is 5.50. The molecule has 0 unspecified atom stereocenters. The summed E-state index contributed by atoms with van der Waals surface area (Å²) in [6, 6.07) is 2.02. The molecule has 0 spiro atoms. The van der Waals surface area contributed by atoms with E-state index in [0.29, 0.717) is 11.8 Å². The average molecular weight is 262 g/mol. The molecule has 0 bridgehead atoms. The summed E-state index contributed by atoms with van der Waals surface area (Å²) in [4.78, 5) is 4.43. The van der Waals surface area contributed by atoms with Gasteiger partial charge in [-0.2, -0.15) is 0 Å². The topological polar surface area (TPSA) is 26.5 Å². The molecule has 0 fully saturated rings. The lowest BCUT2D eigenvalue weighted by molar-refractivity contribution is 0.407. The van der Waals surface area contributed by atoms with Gasteiger partial charge in [0.05, 0.1) is 7.11 Å². The maximum atomic E-state index is 5.43. The molecule has 0 aromatic carbocycles. The van der Waals surface area contributed by atoms with E-state index in [1.165, 1.54) is 11.3 Å². The SMILES string of the molecule is CC.COc1cc2ncc(C(C)C)n2cc1C(C)C. The fourth-order valence-electron chi connectivity index (χ4n) is 2.08. The van der Waals surface area contributed by atoms with E-state index in [1.54, 1.807) is 7.11 Å². The normalized spacial score (nSPS) is 10.8. The van der Waals surface area contributed by atoms with E-state index < -0.39 is 0 Å². The number of pyridine rings is 1. The van der Waals surface area contributed by atoms with E-state index in [4.69, 9.17) is 4.74 Å². The van der Waals surface area contributed by atoms with Crippen LogP contribution >= 0.6 is 0 Å². The minimum absolute atomic E-state index is 0.441. The molecular formula is C16H26N2O. The van der Waals surface area contributed by atoms with Crippen LogP contribution < -0.4 is 4.74 Å². The largest absolute Gasteiger partial charge is 0.496 e. The van der Waals surface area contributed by atoms with E-state index in [2.05, 4.69) is 43.3 Å². The molecule has 106 valence electrons. The number of fused-ring (bicyclic) bond motifs is 1. The van der Waals surface area contributed by atoms with Gasteiger partial charge in [-0.1, -0.05) is 41.5 Å². The van der Waals surface area contributed by atoms with E-state index in [9.17, 15) is 0 Å². The van der Waals surface area contributed by atoms with Crippen molar-refractivity contribution >= 4 is 5.65 Å². The van der Waals surface area contributed by atoms with Crippen molar-refractivity contribution in [1.29, 1.82) is 0 Å². The summed E-state index contributed by atoms with van der Waals surface area (Å²) in [5.74, 6) is 1.84. The zero-order valence-electron chi connectivity index (χ0n) is 13.2. The van der Waals surface area contributed by atoms with Crippen molar-refractivity contribution in [3.05, 3.63) is 29.7 Å². The Balaban J connectivity index is 0.000000861. The molecule has 3 heteroatoms. The number of rotatable bonds is 3. The van der Waals surface area contributed by atoms with Crippen molar-refractivity contribution in [1.82, 2.24) is 9.38 Å². The van der Waals surface area contributed by atoms with Crippen LogP contribution in [-0.2, 0) is 0 Å². The van der Waals surface area contributed by atoms with Crippen molar-refractivity contribution in [3.63, 3.8) is 0 Å². The quantitative estimate of drug-likeness (QED) is 0.807. The van der Waals surface area contributed by atoms with Gasteiger partial charge in [0, 0.05) is 29.7 Å². The summed E-state index contributed by atoms with van der Waals surface area (Å²) in [5, 5.41) is 0. The molecule has 0 radical (unpaired) electrons. The van der Waals surface area contributed by atoms with Crippen LogP contribution in [0.5, 0.6) is 5.75 Å². The number of hydrogen-bond donors (Lipinski definition) is 0. The summed E-state index contributed by atoms with van der Waals surface area (Å²) >= 11 is 0. The second kappa shape index (κ2) is 6.60.